The maximum absolute atomic E-state index is 13.7. The van der Waals surface area contributed by atoms with Crippen LogP contribution in [-0.4, -0.2) is 58.9 Å². The number of amides is 2. The molecule has 2 aromatic carbocycles. The number of para-hydroxylation sites is 1. The maximum Gasteiger partial charge on any atom is 0.246 e. The van der Waals surface area contributed by atoms with E-state index in [1.807, 2.05) is 17.0 Å². The molecule has 2 unspecified atom stereocenters. The fourth-order valence-electron chi connectivity index (χ4n) is 5.63. The Labute approximate surface area is 213 Å². The molecule has 190 valence electrons. The van der Waals surface area contributed by atoms with Gasteiger partial charge in [-0.15, -0.1) is 0 Å². The average Bonchev–Trinajstić information content (AvgIpc) is 3.26. The Kier molecular flexibility index (Phi) is 7.15. The lowest BCUT2D eigenvalue weighted by molar-refractivity contribution is -0.158. The summed E-state index contributed by atoms with van der Waals surface area (Å²) in [4.78, 5) is 34.6. The molecule has 0 saturated carbocycles. The van der Waals surface area contributed by atoms with Crippen molar-refractivity contribution < 1.29 is 14.3 Å². The zero-order valence-electron chi connectivity index (χ0n) is 21.6. The van der Waals surface area contributed by atoms with E-state index in [4.69, 9.17) is 4.74 Å². The van der Waals surface area contributed by atoms with Crippen molar-refractivity contribution in [1.29, 1.82) is 0 Å². The van der Waals surface area contributed by atoms with Crippen molar-refractivity contribution in [3.05, 3.63) is 70.9 Å². The molecule has 3 aromatic rings. The number of piperazine rings is 1. The van der Waals surface area contributed by atoms with Gasteiger partial charge in [-0.2, -0.15) is 0 Å². The van der Waals surface area contributed by atoms with Gasteiger partial charge in [-0.05, 0) is 41.5 Å². The number of ether oxygens (including phenoxy) is 1. The van der Waals surface area contributed by atoms with E-state index in [0.29, 0.717) is 25.5 Å². The van der Waals surface area contributed by atoms with Crippen LogP contribution < -0.4 is 0 Å². The number of hydrogen-bond acceptors (Lipinski definition) is 3. The molecule has 0 radical (unpaired) electrons. The maximum atomic E-state index is 13.7. The van der Waals surface area contributed by atoms with Gasteiger partial charge in [0, 0.05) is 42.8 Å². The number of H-pyrrole nitrogens is 1. The van der Waals surface area contributed by atoms with Gasteiger partial charge in [-0.3, -0.25) is 9.59 Å². The number of nitrogens with zero attached hydrogens (tertiary/aromatic N) is 2. The summed E-state index contributed by atoms with van der Waals surface area (Å²) in [5.74, 6) is 0.483. The Balaban J connectivity index is 1.46. The second kappa shape index (κ2) is 10.5. The monoisotopic (exact) mass is 487 g/mol. The normalized spacial score (nSPS) is 19.8. The predicted octanol–water partition coefficient (Wildman–Crippen LogP) is 5.18. The van der Waals surface area contributed by atoms with Crippen molar-refractivity contribution in [1.82, 2.24) is 14.8 Å². The highest BCUT2D eigenvalue weighted by molar-refractivity contribution is 5.97. The van der Waals surface area contributed by atoms with E-state index in [9.17, 15) is 9.59 Å². The fourth-order valence-corrected chi connectivity index (χ4v) is 5.63. The van der Waals surface area contributed by atoms with E-state index in [-0.39, 0.29) is 24.4 Å². The molecule has 1 fully saturated rings. The molecule has 3 heterocycles. The predicted molar refractivity (Wildman–Crippen MR) is 142 cm³/mol. The van der Waals surface area contributed by atoms with Gasteiger partial charge in [0.05, 0.1) is 12.6 Å². The Bertz CT molecular complexity index is 1230. The molecule has 1 saturated heterocycles. The van der Waals surface area contributed by atoms with Crippen molar-refractivity contribution in [3.8, 4) is 0 Å². The standard InChI is InChI=1S/C30H37N3O3/c1-4-5-16-36-17-8-15-32-19-27(34)33-26(30(32)35)18-24-23-9-6-7-10-25(23)31-28(24)29(33)22-13-11-21(12-14-22)20(2)3/h6-7,9-14,20,26,29,31H,4-5,8,15-19H2,1-3H3. The molecular weight excluding hydrogens is 450 g/mol. The second-order valence-electron chi connectivity index (χ2n) is 10.4. The fraction of sp³-hybridized carbons (Fsp3) is 0.467. The molecule has 2 amide bonds. The zero-order chi connectivity index (χ0) is 25.2. The van der Waals surface area contributed by atoms with Gasteiger partial charge in [-0.25, -0.2) is 0 Å². The van der Waals surface area contributed by atoms with Gasteiger partial charge in [0.2, 0.25) is 11.8 Å². The van der Waals surface area contributed by atoms with Gasteiger partial charge in [0.15, 0.2) is 0 Å². The number of carbonyl (C=O) groups is 2. The number of fused-ring (bicyclic) bond motifs is 4. The molecule has 2 aliphatic rings. The molecule has 2 atom stereocenters. The Morgan fingerprint density at radius 3 is 2.53 bits per heavy atom. The topological polar surface area (TPSA) is 65.6 Å². The molecule has 6 heteroatoms. The summed E-state index contributed by atoms with van der Waals surface area (Å²) < 4.78 is 5.68. The van der Waals surface area contributed by atoms with Crippen LogP contribution in [0.3, 0.4) is 0 Å². The van der Waals surface area contributed by atoms with Gasteiger partial charge < -0.3 is 19.5 Å². The third kappa shape index (κ3) is 4.55. The summed E-state index contributed by atoms with van der Waals surface area (Å²) >= 11 is 0. The largest absolute Gasteiger partial charge is 0.381 e. The highest BCUT2D eigenvalue weighted by atomic mass is 16.5. The third-order valence-corrected chi connectivity index (χ3v) is 7.62. The highest BCUT2D eigenvalue weighted by Gasteiger charge is 2.48. The first-order valence-electron chi connectivity index (χ1n) is 13.4. The van der Waals surface area contributed by atoms with Crippen molar-refractivity contribution in [2.45, 2.75) is 64.5 Å². The lowest BCUT2D eigenvalue weighted by atomic mass is 9.85. The number of hydrogen-bond donors (Lipinski definition) is 1. The van der Waals surface area contributed by atoms with E-state index >= 15 is 0 Å². The van der Waals surface area contributed by atoms with Crippen LogP contribution >= 0.6 is 0 Å². The van der Waals surface area contributed by atoms with Crippen LogP contribution in [0.15, 0.2) is 48.5 Å². The first-order valence-corrected chi connectivity index (χ1v) is 13.4. The van der Waals surface area contributed by atoms with E-state index in [2.05, 4.69) is 62.2 Å². The molecule has 1 N–H and O–H groups in total. The molecule has 2 aliphatic heterocycles. The molecule has 0 aliphatic carbocycles. The number of benzene rings is 2. The Morgan fingerprint density at radius 2 is 1.78 bits per heavy atom. The lowest BCUT2D eigenvalue weighted by Gasteiger charge is -2.47. The summed E-state index contributed by atoms with van der Waals surface area (Å²) in [6.45, 7) is 8.54. The van der Waals surface area contributed by atoms with E-state index < -0.39 is 6.04 Å². The van der Waals surface area contributed by atoms with Crippen LogP contribution in [0.4, 0.5) is 0 Å². The number of unbranched alkanes of at least 4 members (excludes halogenated alkanes) is 1. The number of aromatic nitrogens is 1. The van der Waals surface area contributed by atoms with Gasteiger partial charge >= 0.3 is 0 Å². The van der Waals surface area contributed by atoms with Crippen LogP contribution in [0.2, 0.25) is 0 Å². The molecular formula is C30H37N3O3. The Hall–Kier alpha value is -3.12. The number of nitrogens with one attached hydrogen (secondary N) is 1. The molecule has 0 bridgehead atoms. The van der Waals surface area contributed by atoms with Crippen molar-refractivity contribution in [3.63, 3.8) is 0 Å². The number of aromatic amines is 1. The van der Waals surface area contributed by atoms with Crippen LogP contribution in [-0.2, 0) is 20.7 Å². The minimum absolute atomic E-state index is 0.00810. The number of rotatable bonds is 9. The SMILES string of the molecule is CCCCOCCCN1CC(=O)N2C(Cc3c([nH]c4ccccc34)C2c2ccc(C(C)C)cc2)C1=O. The van der Waals surface area contributed by atoms with Crippen molar-refractivity contribution >= 4 is 22.7 Å². The lowest BCUT2D eigenvalue weighted by Crippen LogP contribution is -2.63. The minimum atomic E-state index is -0.492. The van der Waals surface area contributed by atoms with Gasteiger partial charge in [-0.1, -0.05) is 69.7 Å². The quantitative estimate of drug-likeness (QED) is 0.423. The van der Waals surface area contributed by atoms with Crippen LogP contribution in [0.5, 0.6) is 0 Å². The summed E-state index contributed by atoms with van der Waals surface area (Å²) in [5.41, 5.74) is 5.53. The molecule has 36 heavy (non-hydrogen) atoms. The first-order chi connectivity index (χ1) is 17.5. The summed E-state index contributed by atoms with van der Waals surface area (Å²) in [5, 5.41) is 1.14. The smallest absolute Gasteiger partial charge is 0.246 e. The summed E-state index contributed by atoms with van der Waals surface area (Å²) in [7, 11) is 0. The second-order valence-corrected chi connectivity index (χ2v) is 10.4. The summed E-state index contributed by atoms with van der Waals surface area (Å²) in [6, 6.07) is 16.0. The Morgan fingerprint density at radius 1 is 1.03 bits per heavy atom. The molecule has 5 rings (SSSR count). The summed E-state index contributed by atoms with van der Waals surface area (Å²) in [6.07, 6.45) is 3.43. The van der Waals surface area contributed by atoms with Gasteiger partial charge in [0.1, 0.15) is 6.04 Å². The molecule has 0 spiro atoms. The minimum Gasteiger partial charge on any atom is -0.381 e. The average molecular weight is 488 g/mol. The van der Waals surface area contributed by atoms with Crippen LogP contribution in [0.1, 0.15) is 74.4 Å². The first kappa shape index (κ1) is 24.6. The van der Waals surface area contributed by atoms with Crippen LogP contribution in [0.25, 0.3) is 10.9 Å². The number of carbonyl (C=O) groups excluding carboxylic acids is 2. The van der Waals surface area contributed by atoms with Crippen LogP contribution in [0, 0.1) is 0 Å². The van der Waals surface area contributed by atoms with E-state index in [0.717, 1.165) is 53.6 Å². The van der Waals surface area contributed by atoms with Gasteiger partial charge in [0.25, 0.3) is 0 Å². The molecule has 1 aromatic heterocycles. The van der Waals surface area contributed by atoms with E-state index in [1.165, 1.54) is 5.56 Å². The highest BCUT2D eigenvalue weighted by Crippen LogP contribution is 2.42. The van der Waals surface area contributed by atoms with Crippen molar-refractivity contribution in [2.24, 2.45) is 0 Å². The molecule has 6 nitrogen and oxygen atoms in total. The third-order valence-electron chi connectivity index (χ3n) is 7.62. The van der Waals surface area contributed by atoms with E-state index in [1.54, 1.807) is 4.90 Å². The zero-order valence-corrected chi connectivity index (χ0v) is 21.6. The van der Waals surface area contributed by atoms with Crippen molar-refractivity contribution in [2.75, 3.05) is 26.3 Å².